The minimum Gasteiger partial charge on any atom is -0.476 e. The number of aromatic carboxylic acids is 1. The molecular formula is C18H23N7O2. The van der Waals surface area contributed by atoms with Gasteiger partial charge < -0.3 is 20.2 Å². The minimum absolute atomic E-state index is 0.0544. The summed E-state index contributed by atoms with van der Waals surface area (Å²) in [6, 6.07) is 1.88. The molecule has 0 bridgehead atoms. The fourth-order valence-corrected chi connectivity index (χ4v) is 3.44. The van der Waals surface area contributed by atoms with Crippen molar-refractivity contribution in [3.05, 3.63) is 30.5 Å². The number of hydrogen-bond acceptors (Lipinski definition) is 7. The first kappa shape index (κ1) is 17.6. The SMILES string of the molecule is CN1CCN(CCCNc2nc3c(C(=O)O)ncn3c3cnccc23)CC1. The molecule has 0 spiro atoms. The number of aromatic nitrogens is 4. The zero-order valence-electron chi connectivity index (χ0n) is 15.3. The Morgan fingerprint density at radius 2 is 2.11 bits per heavy atom. The van der Waals surface area contributed by atoms with Crippen molar-refractivity contribution in [2.45, 2.75) is 6.42 Å². The third-order valence-corrected chi connectivity index (χ3v) is 5.02. The van der Waals surface area contributed by atoms with Gasteiger partial charge in [-0.15, -0.1) is 0 Å². The molecule has 1 saturated heterocycles. The number of pyridine rings is 1. The summed E-state index contributed by atoms with van der Waals surface area (Å²) in [7, 11) is 2.16. The van der Waals surface area contributed by atoms with Gasteiger partial charge >= 0.3 is 5.97 Å². The third kappa shape index (κ3) is 3.56. The topological polar surface area (TPSA) is 98.9 Å². The van der Waals surface area contributed by atoms with Gasteiger partial charge in [0.1, 0.15) is 12.1 Å². The van der Waals surface area contributed by atoms with Crippen LogP contribution in [0.15, 0.2) is 24.8 Å². The predicted molar refractivity (Wildman–Crippen MR) is 102 cm³/mol. The van der Waals surface area contributed by atoms with Crippen molar-refractivity contribution >= 4 is 28.3 Å². The van der Waals surface area contributed by atoms with Crippen molar-refractivity contribution in [1.82, 2.24) is 29.2 Å². The Morgan fingerprint density at radius 1 is 1.30 bits per heavy atom. The van der Waals surface area contributed by atoms with Crippen LogP contribution in [0, 0.1) is 0 Å². The van der Waals surface area contributed by atoms with E-state index in [2.05, 4.69) is 37.1 Å². The van der Waals surface area contributed by atoms with E-state index in [0.717, 1.165) is 56.6 Å². The number of carboxylic acids is 1. The Bertz CT molecular complexity index is 963. The van der Waals surface area contributed by atoms with E-state index in [1.165, 1.54) is 6.33 Å². The Hall–Kier alpha value is -2.78. The summed E-state index contributed by atoms with van der Waals surface area (Å²) in [4.78, 5) is 28.9. The summed E-state index contributed by atoms with van der Waals surface area (Å²) in [6.45, 7) is 6.24. The fourth-order valence-electron chi connectivity index (χ4n) is 3.44. The summed E-state index contributed by atoms with van der Waals surface area (Å²) < 4.78 is 1.67. The van der Waals surface area contributed by atoms with Gasteiger partial charge in [0.05, 0.1) is 11.7 Å². The number of fused-ring (bicyclic) bond motifs is 3. The highest BCUT2D eigenvalue weighted by Crippen LogP contribution is 2.23. The smallest absolute Gasteiger partial charge is 0.358 e. The standard InChI is InChI=1S/C18H23N7O2/c1-23-7-9-24(10-8-23)6-2-4-20-16-13-3-5-19-11-14(13)25-12-21-15(18(26)27)17(25)22-16/h3,5,11-12H,2,4,6-10H2,1H3,(H,20,22)(H,26,27). The fraction of sp³-hybridized carbons (Fsp3) is 0.444. The monoisotopic (exact) mass is 369 g/mol. The van der Waals surface area contributed by atoms with Crippen LogP contribution in [0.3, 0.4) is 0 Å². The molecule has 1 aliphatic rings. The molecule has 142 valence electrons. The average molecular weight is 369 g/mol. The third-order valence-electron chi connectivity index (χ3n) is 5.02. The number of rotatable bonds is 6. The van der Waals surface area contributed by atoms with E-state index >= 15 is 0 Å². The van der Waals surface area contributed by atoms with Crippen LogP contribution in [-0.4, -0.2) is 86.5 Å². The maximum Gasteiger partial charge on any atom is 0.358 e. The first-order valence-electron chi connectivity index (χ1n) is 9.12. The van der Waals surface area contributed by atoms with Gasteiger partial charge in [-0.3, -0.25) is 9.38 Å². The second kappa shape index (κ2) is 7.45. The lowest BCUT2D eigenvalue weighted by Crippen LogP contribution is -2.44. The minimum atomic E-state index is -1.09. The average Bonchev–Trinajstić information content (AvgIpc) is 3.11. The van der Waals surface area contributed by atoms with Crippen molar-refractivity contribution < 1.29 is 9.90 Å². The van der Waals surface area contributed by atoms with Crippen molar-refractivity contribution in [3.8, 4) is 0 Å². The summed E-state index contributed by atoms with van der Waals surface area (Å²) in [5.41, 5.74) is 1.05. The summed E-state index contributed by atoms with van der Waals surface area (Å²) in [5, 5.41) is 13.6. The Labute approximate surface area is 156 Å². The van der Waals surface area contributed by atoms with Crippen LogP contribution in [0.1, 0.15) is 16.9 Å². The molecule has 0 saturated carbocycles. The lowest BCUT2D eigenvalue weighted by molar-refractivity contribution is 0.0693. The van der Waals surface area contributed by atoms with E-state index in [-0.39, 0.29) is 5.69 Å². The first-order valence-corrected chi connectivity index (χ1v) is 9.12. The summed E-state index contributed by atoms with van der Waals surface area (Å²) >= 11 is 0. The van der Waals surface area contributed by atoms with E-state index < -0.39 is 5.97 Å². The molecule has 0 amide bonds. The van der Waals surface area contributed by atoms with Crippen molar-refractivity contribution in [2.75, 3.05) is 51.6 Å². The van der Waals surface area contributed by atoms with Crippen molar-refractivity contribution in [1.29, 1.82) is 0 Å². The molecule has 9 nitrogen and oxygen atoms in total. The van der Waals surface area contributed by atoms with Gasteiger partial charge in [-0.25, -0.2) is 14.8 Å². The molecule has 2 N–H and O–H groups in total. The molecule has 0 aliphatic carbocycles. The lowest BCUT2D eigenvalue weighted by Gasteiger charge is -2.32. The van der Waals surface area contributed by atoms with Crippen molar-refractivity contribution in [3.63, 3.8) is 0 Å². The number of imidazole rings is 1. The predicted octanol–water partition coefficient (Wildman–Crippen LogP) is 1.03. The van der Waals surface area contributed by atoms with Gasteiger partial charge in [-0.2, -0.15) is 0 Å². The van der Waals surface area contributed by atoms with Gasteiger partial charge in [0.2, 0.25) is 0 Å². The summed E-state index contributed by atoms with van der Waals surface area (Å²) in [6.07, 6.45) is 5.88. The van der Waals surface area contributed by atoms with Crippen molar-refractivity contribution in [2.24, 2.45) is 0 Å². The highest BCUT2D eigenvalue weighted by atomic mass is 16.4. The molecule has 0 radical (unpaired) electrons. The molecule has 0 unspecified atom stereocenters. The zero-order chi connectivity index (χ0) is 18.8. The molecule has 9 heteroatoms. The molecule has 3 aromatic rings. The van der Waals surface area contributed by atoms with Gasteiger partial charge in [0.25, 0.3) is 0 Å². The molecule has 3 aromatic heterocycles. The zero-order valence-corrected chi connectivity index (χ0v) is 15.3. The molecular weight excluding hydrogens is 346 g/mol. The second-order valence-corrected chi connectivity index (χ2v) is 6.87. The molecule has 4 rings (SSSR count). The van der Waals surface area contributed by atoms with Gasteiger partial charge in [0, 0.05) is 44.3 Å². The lowest BCUT2D eigenvalue weighted by atomic mass is 10.2. The van der Waals surface area contributed by atoms with E-state index in [1.807, 2.05) is 6.07 Å². The van der Waals surface area contributed by atoms with Gasteiger partial charge in [-0.1, -0.05) is 0 Å². The van der Waals surface area contributed by atoms with Crippen LogP contribution in [-0.2, 0) is 0 Å². The highest BCUT2D eigenvalue weighted by Gasteiger charge is 2.17. The molecule has 27 heavy (non-hydrogen) atoms. The van der Waals surface area contributed by atoms with Crippen LogP contribution in [0.25, 0.3) is 16.6 Å². The molecule has 0 atom stereocenters. The summed E-state index contributed by atoms with van der Waals surface area (Å²) in [5.74, 6) is -0.421. The van der Waals surface area contributed by atoms with E-state index in [9.17, 15) is 9.90 Å². The van der Waals surface area contributed by atoms with Gasteiger partial charge in [-0.05, 0) is 26.1 Å². The first-order chi connectivity index (χ1) is 13.1. The Balaban J connectivity index is 1.51. The number of hydrogen-bond donors (Lipinski definition) is 2. The molecule has 0 aromatic carbocycles. The number of piperazine rings is 1. The number of likely N-dealkylation sites (N-methyl/N-ethyl adjacent to an activating group) is 1. The van der Waals surface area contributed by atoms with Crippen LogP contribution in [0.5, 0.6) is 0 Å². The number of nitrogens with one attached hydrogen (secondary N) is 1. The maximum absolute atomic E-state index is 11.4. The van der Waals surface area contributed by atoms with E-state index in [4.69, 9.17) is 0 Å². The maximum atomic E-state index is 11.4. The number of carboxylic acid groups (broad SMARTS) is 1. The van der Waals surface area contributed by atoms with Crippen LogP contribution < -0.4 is 5.32 Å². The number of anilines is 1. The van der Waals surface area contributed by atoms with Crippen LogP contribution in [0.4, 0.5) is 5.82 Å². The van der Waals surface area contributed by atoms with Crippen LogP contribution in [0.2, 0.25) is 0 Å². The number of carbonyl (C=O) groups is 1. The Kier molecular flexibility index (Phi) is 4.87. The second-order valence-electron chi connectivity index (χ2n) is 6.87. The quantitative estimate of drug-likeness (QED) is 0.622. The molecule has 4 heterocycles. The van der Waals surface area contributed by atoms with E-state index in [0.29, 0.717) is 11.5 Å². The van der Waals surface area contributed by atoms with Crippen LogP contribution >= 0.6 is 0 Å². The van der Waals surface area contributed by atoms with E-state index in [1.54, 1.807) is 16.8 Å². The number of nitrogens with zero attached hydrogens (tertiary/aromatic N) is 6. The normalized spacial score (nSPS) is 16.2. The largest absolute Gasteiger partial charge is 0.476 e. The van der Waals surface area contributed by atoms with Gasteiger partial charge in [0.15, 0.2) is 11.3 Å². The molecule has 1 aliphatic heterocycles. The Morgan fingerprint density at radius 3 is 2.89 bits per heavy atom. The molecule has 1 fully saturated rings. The highest BCUT2D eigenvalue weighted by molar-refractivity contribution is 5.97.